The summed E-state index contributed by atoms with van der Waals surface area (Å²) in [5.41, 5.74) is 0.647. The molecule has 2 aromatic carbocycles. The fourth-order valence-electron chi connectivity index (χ4n) is 3.45. The topological polar surface area (TPSA) is 64.4 Å². The van der Waals surface area contributed by atoms with E-state index in [0.717, 1.165) is 0 Å². The van der Waals surface area contributed by atoms with E-state index in [2.05, 4.69) is 4.98 Å². The van der Waals surface area contributed by atoms with Gasteiger partial charge in [-0.2, -0.15) is 0 Å². The molecule has 0 aliphatic carbocycles. The molecule has 0 aliphatic heterocycles. The molecule has 0 radical (unpaired) electrons. The highest BCUT2D eigenvalue weighted by atomic mass is 19.1. The molecule has 1 unspecified atom stereocenters. The third kappa shape index (κ3) is 4.19. The summed E-state index contributed by atoms with van der Waals surface area (Å²) >= 11 is 0. The predicted molar refractivity (Wildman–Crippen MR) is 109 cm³/mol. The van der Waals surface area contributed by atoms with E-state index in [4.69, 9.17) is 4.74 Å². The van der Waals surface area contributed by atoms with Crippen LogP contribution in [0.2, 0.25) is 0 Å². The summed E-state index contributed by atoms with van der Waals surface area (Å²) in [6, 6.07) is 12.2. The van der Waals surface area contributed by atoms with Crippen molar-refractivity contribution in [3.8, 4) is 0 Å². The Morgan fingerprint density at radius 1 is 1.24 bits per heavy atom. The lowest BCUT2D eigenvalue weighted by Crippen LogP contribution is -2.40. The lowest BCUT2D eigenvalue weighted by molar-refractivity contribution is 0.0577. The van der Waals surface area contributed by atoms with Crippen LogP contribution in [0.3, 0.4) is 0 Å². The second-order valence-corrected chi connectivity index (χ2v) is 6.78. The van der Waals surface area contributed by atoms with E-state index in [1.807, 2.05) is 13.0 Å². The van der Waals surface area contributed by atoms with Gasteiger partial charge in [0.2, 0.25) is 0 Å². The zero-order valence-electron chi connectivity index (χ0n) is 16.8. The Morgan fingerprint density at radius 2 is 2.00 bits per heavy atom. The van der Waals surface area contributed by atoms with Gasteiger partial charge in [0.05, 0.1) is 23.6 Å². The molecule has 152 valence electrons. The van der Waals surface area contributed by atoms with Gasteiger partial charge in [0.1, 0.15) is 11.6 Å². The molecular weight excluding hydrogens is 373 g/mol. The molecule has 0 fully saturated rings. The molecule has 0 aliphatic rings. The fraction of sp³-hybridized carbons (Fsp3) is 0.318. The average molecular weight is 397 g/mol. The molecule has 1 atom stereocenters. The number of ether oxygens (including phenoxy) is 1. The van der Waals surface area contributed by atoms with Crippen molar-refractivity contribution in [2.75, 3.05) is 20.3 Å². The number of hydrogen-bond donors (Lipinski definition) is 0. The number of nitrogens with zero attached hydrogens (tertiary/aromatic N) is 3. The summed E-state index contributed by atoms with van der Waals surface area (Å²) in [6.45, 7) is 2.51. The first-order valence-electron chi connectivity index (χ1n) is 9.49. The van der Waals surface area contributed by atoms with Crippen LogP contribution in [-0.2, 0) is 11.8 Å². The van der Waals surface area contributed by atoms with Gasteiger partial charge in [0.15, 0.2) is 0 Å². The number of rotatable bonds is 7. The molecule has 3 aromatic rings. The number of fused-ring (bicyclic) bond motifs is 1. The molecule has 0 saturated heterocycles. The maximum Gasteiger partial charge on any atom is 0.261 e. The van der Waals surface area contributed by atoms with Gasteiger partial charge in [0.25, 0.3) is 11.5 Å². The fourth-order valence-corrected chi connectivity index (χ4v) is 3.45. The van der Waals surface area contributed by atoms with Gasteiger partial charge in [-0.3, -0.25) is 14.2 Å². The quantitative estimate of drug-likeness (QED) is 0.614. The second-order valence-electron chi connectivity index (χ2n) is 6.78. The highest BCUT2D eigenvalue weighted by Crippen LogP contribution is 2.25. The Balaban J connectivity index is 2.10. The summed E-state index contributed by atoms with van der Waals surface area (Å²) in [5, 5.41) is 0.522. The molecule has 1 heterocycles. The summed E-state index contributed by atoms with van der Waals surface area (Å²) in [6.07, 6.45) is 0.531. The molecule has 7 heteroatoms. The SMILES string of the molecule is CCC(c1nc2ccccc2c(=O)n1C)N(CCOC)C(=O)c1cccc(F)c1. The molecule has 29 heavy (non-hydrogen) atoms. The molecule has 1 amide bonds. The number of aromatic nitrogens is 2. The Hall–Kier alpha value is -3.06. The van der Waals surface area contributed by atoms with E-state index >= 15 is 0 Å². The van der Waals surface area contributed by atoms with Crippen LogP contribution in [0.25, 0.3) is 10.9 Å². The number of amides is 1. The summed E-state index contributed by atoms with van der Waals surface area (Å²) in [4.78, 5) is 32.3. The van der Waals surface area contributed by atoms with Crippen molar-refractivity contribution in [1.29, 1.82) is 0 Å². The highest BCUT2D eigenvalue weighted by Gasteiger charge is 2.28. The zero-order valence-corrected chi connectivity index (χ0v) is 16.8. The molecule has 3 rings (SSSR count). The Morgan fingerprint density at radius 3 is 2.69 bits per heavy atom. The van der Waals surface area contributed by atoms with Crippen molar-refractivity contribution in [2.24, 2.45) is 7.05 Å². The lowest BCUT2D eigenvalue weighted by Gasteiger charge is -2.31. The molecule has 0 N–H and O–H groups in total. The van der Waals surface area contributed by atoms with Gasteiger partial charge < -0.3 is 9.64 Å². The van der Waals surface area contributed by atoms with E-state index in [0.29, 0.717) is 29.8 Å². The third-order valence-electron chi connectivity index (χ3n) is 4.95. The van der Waals surface area contributed by atoms with E-state index in [-0.39, 0.29) is 23.6 Å². The third-order valence-corrected chi connectivity index (χ3v) is 4.95. The van der Waals surface area contributed by atoms with Gasteiger partial charge in [-0.15, -0.1) is 0 Å². The lowest BCUT2D eigenvalue weighted by atomic mass is 10.1. The number of carbonyl (C=O) groups is 1. The van der Waals surface area contributed by atoms with Crippen molar-refractivity contribution in [3.05, 3.63) is 76.1 Å². The predicted octanol–water partition coefficient (Wildman–Crippen LogP) is 3.31. The van der Waals surface area contributed by atoms with Crippen molar-refractivity contribution in [3.63, 3.8) is 0 Å². The number of hydrogen-bond acceptors (Lipinski definition) is 4. The van der Waals surface area contributed by atoms with Crippen molar-refractivity contribution in [2.45, 2.75) is 19.4 Å². The average Bonchev–Trinajstić information content (AvgIpc) is 2.73. The first-order valence-corrected chi connectivity index (χ1v) is 9.49. The number of methoxy groups -OCH3 is 1. The summed E-state index contributed by atoms with van der Waals surface area (Å²) in [5.74, 6) is -0.334. The minimum Gasteiger partial charge on any atom is -0.383 e. The van der Waals surface area contributed by atoms with Crippen LogP contribution in [-0.4, -0.2) is 40.6 Å². The summed E-state index contributed by atoms with van der Waals surface area (Å²) < 4.78 is 20.3. The van der Waals surface area contributed by atoms with Gasteiger partial charge in [0, 0.05) is 26.3 Å². The van der Waals surface area contributed by atoms with Crippen LogP contribution in [0.5, 0.6) is 0 Å². The van der Waals surface area contributed by atoms with E-state index in [9.17, 15) is 14.0 Å². The summed E-state index contributed by atoms with van der Waals surface area (Å²) in [7, 11) is 3.21. The minimum atomic E-state index is -0.480. The maximum absolute atomic E-state index is 13.7. The van der Waals surface area contributed by atoms with Crippen LogP contribution < -0.4 is 5.56 Å². The Bertz CT molecular complexity index is 1080. The van der Waals surface area contributed by atoms with Gasteiger partial charge in [-0.1, -0.05) is 25.1 Å². The largest absolute Gasteiger partial charge is 0.383 e. The zero-order chi connectivity index (χ0) is 21.0. The van der Waals surface area contributed by atoms with E-state index < -0.39 is 11.9 Å². The smallest absolute Gasteiger partial charge is 0.261 e. The van der Waals surface area contributed by atoms with E-state index in [1.165, 1.54) is 22.8 Å². The van der Waals surface area contributed by atoms with Crippen LogP contribution in [0.4, 0.5) is 4.39 Å². The standard InChI is InChI=1S/C22H24FN3O3/c1-4-19(20-24-18-11-6-5-10-17(18)22(28)25(20)2)26(12-13-29-3)21(27)15-8-7-9-16(23)14-15/h5-11,14,19H,4,12-13H2,1-3H3. The van der Waals surface area contributed by atoms with Gasteiger partial charge in [-0.05, 0) is 36.8 Å². The number of carbonyl (C=O) groups excluding carboxylic acids is 1. The maximum atomic E-state index is 13.7. The van der Waals surface area contributed by atoms with Crippen LogP contribution in [0, 0.1) is 5.82 Å². The molecule has 0 bridgehead atoms. The van der Waals surface area contributed by atoms with Gasteiger partial charge >= 0.3 is 0 Å². The Kier molecular flexibility index (Phi) is 6.39. The Labute approximate surface area is 168 Å². The monoisotopic (exact) mass is 397 g/mol. The molecule has 0 spiro atoms. The highest BCUT2D eigenvalue weighted by molar-refractivity contribution is 5.94. The van der Waals surface area contributed by atoms with Crippen molar-refractivity contribution >= 4 is 16.8 Å². The van der Waals surface area contributed by atoms with Crippen LogP contribution in [0.1, 0.15) is 35.6 Å². The van der Waals surface area contributed by atoms with E-state index in [1.54, 1.807) is 43.3 Å². The second kappa shape index (κ2) is 8.96. The van der Waals surface area contributed by atoms with Crippen molar-refractivity contribution in [1.82, 2.24) is 14.5 Å². The number of benzene rings is 2. The molecule has 6 nitrogen and oxygen atoms in total. The first-order chi connectivity index (χ1) is 14.0. The normalized spacial score (nSPS) is 12.1. The van der Waals surface area contributed by atoms with Crippen LogP contribution >= 0.6 is 0 Å². The first kappa shape index (κ1) is 20.7. The molecule has 0 saturated carbocycles. The number of halogens is 1. The van der Waals surface area contributed by atoms with Crippen molar-refractivity contribution < 1.29 is 13.9 Å². The van der Waals surface area contributed by atoms with Gasteiger partial charge in [-0.25, -0.2) is 9.37 Å². The van der Waals surface area contributed by atoms with Crippen LogP contribution in [0.15, 0.2) is 53.3 Å². The minimum absolute atomic E-state index is 0.172. The molecule has 1 aromatic heterocycles. The molecular formula is C22H24FN3O3. The number of para-hydroxylation sites is 1.